The smallest absolute Gasteiger partial charge is 0.124 e. The van der Waals surface area contributed by atoms with E-state index in [0.29, 0.717) is 0 Å². The zero-order chi connectivity index (χ0) is 12.7. The molecule has 2 aromatic carbocycles. The van der Waals surface area contributed by atoms with E-state index in [2.05, 4.69) is 37.0 Å². The lowest BCUT2D eigenvalue weighted by Crippen LogP contribution is -1.83. The average molecular weight is 257 g/mol. The number of aryl methyl sites for hydroxylation is 2. The number of benzene rings is 2. The topological polar surface area (TPSA) is 12.9 Å². The van der Waals surface area contributed by atoms with Gasteiger partial charge in [-0.1, -0.05) is 23.8 Å². The van der Waals surface area contributed by atoms with Gasteiger partial charge in [0, 0.05) is 5.56 Å². The monoisotopic (exact) mass is 257 g/mol. The summed E-state index contributed by atoms with van der Waals surface area (Å²) in [4.78, 5) is 4.57. The molecule has 0 aliphatic carbocycles. The van der Waals surface area contributed by atoms with E-state index in [1.807, 2.05) is 0 Å². The minimum Gasteiger partial charge on any atom is -0.236 e. The molecule has 3 rings (SSSR count). The number of aromatic nitrogens is 1. The van der Waals surface area contributed by atoms with Crippen molar-refractivity contribution in [1.82, 2.24) is 4.98 Å². The molecule has 1 nitrogen and oxygen atoms in total. The molecule has 18 heavy (non-hydrogen) atoms. The van der Waals surface area contributed by atoms with Crippen LogP contribution in [-0.2, 0) is 0 Å². The van der Waals surface area contributed by atoms with Gasteiger partial charge in [-0.2, -0.15) is 0 Å². The number of fused-ring (bicyclic) bond motifs is 1. The van der Waals surface area contributed by atoms with Gasteiger partial charge in [0.05, 0.1) is 10.2 Å². The molecule has 3 aromatic rings. The fourth-order valence-corrected chi connectivity index (χ4v) is 3.15. The predicted octanol–water partition coefficient (Wildman–Crippen LogP) is 4.72. The largest absolute Gasteiger partial charge is 0.236 e. The van der Waals surface area contributed by atoms with Crippen LogP contribution in [0, 0.1) is 19.7 Å². The summed E-state index contributed by atoms with van der Waals surface area (Å²) in [6.45, 7) is 4.15. The Bertz CT molecular complexity index is 730. The minimum atomic E-state index is -0.210. The zero-order valence-electron chi connectivity index (χ0n) is 10.2. The summed E-state index contributed by atoms with van der Waals surface area (Å²) >= 11 is 1.53. The van der Waals surface area contributed by atoms with E-state index < -0.39 is 0 Å². The third-order valence-electron chi connectivity index (χ3n) is 2.96. The lowest BCUT2D eigenvalue weighted by molar-refractivity contribution is 0.630. The Morgan fingerprint density at radius 1 is 1.06 bits per heavy atom. The van der Waals surface area contributed by atoms with Gasteiger partial charge >= 0.3 is 0 Å². The molecule has 0 saturated heterocycles. The third-order valence-corrected chi connectivity index (χ3v) is 4.01. The summed E-state index contributed by atoms with van der Waals surface area (Å²) in [6.07, 6.45) is 0. The number of hydrogen-bond donors (Lipinski definition) is 0. The molecule has 0 N–H and O–H groups in total. The Labute approximate surface area is 109 Å². The van der Waals surface area contributed by atoms with Gasteiger partial charge in [-0.3, -0.25) is 0 Å². The summed E-state index contributed by atoms with van der Waals surface area (Å²) in [5, 5.41) is 0.952. The first-order chi connectivity index (χ1) is 8.63. The quantitative estimate of drug-likeness (QED) is 0.614. The maximum atomic E-state index is 13.2. The number of halogens is 1. The van der Waals surface area contributed by atoms with Crippen LogP contribution in [0.3, 0.4) is 0 Å². The third kappa shape index (κ3) is 1.91. The minimum absolute atomic E-state index is 0.210. The first-order valence-electron chi connectivity index (χ1n) is 5.77. The second-order valence-corrected chi connectivity index (χ2v) is 5.48. The number of thiazole rings is 1. The molecule has 0 aliphatic heterocycles. The molecule has 1 heterocycles. The van der Waals surface area contributed by atoms with Crippen LogP contribution in [0.4, 0.5) is 4.39 Å². The van der Waals surface area contributed by atoms with Gasteiger partial charge in [0.15, 0.2) is 0 Å². The lowest BCUT2D eigenvalue weighted by atomic mass is 10.1. The van der Waals surface area contributed by atoms with Gasteiger partial charge in [0.25, 0.3) is 0 Å². The molecule has 1 aromatic heterocycles. The normalized spacial score (nSPS) is 11.1. The Kier molecular flexibility index (Phi) is 2.63. The van der Waals surface area contributed by atoms with Crippen LogP contribution in [-0.4, -0.2) is 4.98 Å². The van der Waals surface area contributed by atoms with Crippen LogP contribution in [0.5, 0.6) is 0 Å². The van der Waals surface area contributed by atoms with Gasteiger partial charge < -0.3 is 0 Å². The highest BCUT2D eigenvalue weighted by Crippen LogP contribution is 2.32. The van der Waals surface area contributed by atoms with Crippen molar-refractivity contribution in [3.63, 3.8) is 0 Å². The first-order valence-corrected chi connectivity index (χ1v) is 6.59. The molecule has 0 spiro atoms. The van der Waals surface area contributed by atoms with Crippen molar-refractivity contribution in [1.29, 1.82) is 0 Å². The van der Waals surface area contributed by atoms with Crippen LogP contribution in [0.1, 0.15) is 11.1 Å². The Balaban J connectivity index is 2.19. The van der Waals surface area contributed by atoms with Crippen LogP contribution in [0.25, 0.3) is 20.8 Å². The van der Waals surface area contributed by atoms with Crippen LogP contribution >= 0.6 is 11.3 Å². The fraction of sp³-hybridized carbons (Fsp3) is 0.133. The van der Waals surface area contributed by atoms with Gasteiger partial charge in [0.2, 0.25) is 0 Å². The van der Waals surface area contributed by atoms with Gasteiger partial charge in [-0.25, -0.2) is 9.37 Å². The van der Waals surface area contributed by atoms with Crippen molar-refractivity contribution < 1.29 is 4.39 Å². The highest BCUT2D eigenvalue weighted by molar-refractivity contribution is 7.21. The maximum Gasteiger partial charge on any atom is 0.124 e. The second kappa shape index (κ2) is 4.18. The molecule has 90 valence electrons. The summed E-state index contributed by atoms with van der Waals surface area (Å²) in [6, 6.07) is 11.0. The van der Waals surface area contributed by atoms with E-state index in [-0.39, 0.29) is 5.82 Å². The molecule has 0 bridgehead atoms. The van der Waals surface area contributed by atoms with Crippen molar-refractivity contribution in [2.75, 3.05) is 0 Å². The molecule has 0 fully saturated rings. The van der Waals surface area contributed by atoms with Crippen molar-refractivity contribution >= 4 is 21.6 Å². The highest BCUT2D eigenvalue weighted by atomic mass is 32.1. The summed E-state index contributed by atoms with van der Waals surface area (Å²) < 4.78 is 14.1. The zero-order valence-corrected chi connectivity index (χ0v) is 11.0. The number of nitrogens with zero attached hydrogens (tertiary/aromatic N) is 1. The summed E-state index contributed by atoms with van der Waals surface area (Å²) in [7, 11) is 0. The standard InChI is InChI=1S/C15H12FNS/c1-9-3-5-12(10(2)7-9)15-17-13-6-4-11(16)8-14(13)18-15/h3-8H,1-2H3. The van der Waals surface area contributed by atoms with E-state index in [4.69, 9.17) is 0 Å². The summed E-state index contributed by atoms with van der Waals surface area (Å²) in [5.74, 6) is -0.210. The molecule has 0 unspecified atom stereocenters. The van der Waals surface area contributed by atoms with E-state index >= 15 is 0 Å². The maximum absolute atomic E-state index is 13.2. The Morgan fingerprint density at radius 2 is 1.89 bits per heavy atom. The van der Waals surface area contributed by atoms with Crippen LogP contribution in [0.15, 0.2) is 36.4 Å². The number of hydrogen-bond acceptors (Lipinski definition) is 2. The van der Waals surface area contributed by atoms with Gasteiger partial charge in [-0.15, -0.1) is 11.3 Å². The summed E-state index contributed by atoms with van der Waals surface area (Å²) in [5.41, 5.74) is 4.43. The van der Waals surface area contributed by atoms with E-state index in [1.54, 1.807) is 12.1 Å². The molecule has 0 radical (unpaired) electrons. The molecule has 0 saturated carbocycles. The predicted molar refractivity (Wildman–Crippen MR) is 74.5 cm³/mol. The van der Waals surface area contributed by atoms with Crippen LogP contribution in [0.2, 0.25) is 0 Å². The lowest BCUT2D eigenvalue weighted by Gasteiger charge is -2.02. The molecular formula is C15H12FNS. The van der Waals surface area contributed by atoms with Crippen molar-refractivity contribution in [2.24, 2.45) is 0 Å². The molecule has 0 aliphatic rings. The molecule has 3 heteroatoms. The van der Waals surface area contributed by atoms with E-state index in [0.717, 1.165) is 20.8 Å². The molecule has 0 amide bonds. The SMILES string of the molecule is Cc1ccc(-c2nc3ccc(F)cc3s2)c(C)c1. The van der Waals surface area contributed by atoms with Crippen LogP contribution < -0.4 is 0 Å². The van der Waals surface area contributed by atoms with Crippen molar-refractivity contribution in [2.45, 2.75) is 13.8 Å². The molecular weight excluding hydrogens is 245 g/mol. The van der Waals surface area contributed by atoms with Crippen molar-refractivity contribution in [3.8, 4) is 10.6 Å². The van der Waals surface area contributed by atoms with Gasteiger partial charge in [-0.05, 0) is 37.6 Å². The fourth-order valence-electron chi connectivity index (χ4n) is 2.07. The van der Waals surface area contributed by atoms with E-state index in [1.165, 1.54) is 28.5 Å². The average Bonchev–Trinajstić information content (AvgIpc) is 2.71. The molecule has 0 atom stereocenters. The van der Waals surface area contributed by atoms with Crippen molar-refractivity contribution in [3.05, 3.63) is 53.3 Å². The Hall–Kier alpha value is -1.74. The first kappa shape index (κ1) is 11.4. The second-order valence-electron chi connectivity index (χ2n) is 4.45. The number of rotatable bonds is 1. The Morgan fingerprint density at radius 3 is 2.67 bits per heavy atom. The van der Waals surface area contributed by atoms with Gasteiger partial charge in [0.1, 0.15) is 10.8 Å². The highest BCUT2D eigenvalue weighted by Gasteiger charge is 2.09. The van der Waals surface area contributed by atoms with E-state index in [9.17, 15) is 4.39 Å².